The van der Waals surface area contributed by atoms with Gasteiger partial charge in [0.05, 0.1) is 78.4 Å². The maximum Gasteiger partial charge on any atom is 0.311 e. The molecule has 3 fully saturated rings. The number of carbonyl (C=O) groups is 2. The number of Topliss-reactive ketones (excluding diaryl/α,β-unsaturated/α-hetero) is 1. The largest absolute Gasteiger partial charge is 0.493 e. The SMILES string of the molecule is CC[C@H]1OC(=O)[C@H](C)[C@@H](O[C@H]2C[C@@](C)(OC)[C@@H](O)[C@H](C)O2)[C@H](C)[C@@H](O[C@@H]2O[C@H](C)C[C@H](N=CCCCCCCCCCOc3ccc([N+](=O)[O-])cc3OC)[C@H]2O)[C@@](C)(O)C[C@@H](C)C(=O)[C@H](C)[C@@H](O)[C@]1(C)O. The number of unbranched alkanes of at least 4 members (excludes halogenated alkanes) is 7. The molecule has 3 aliphatic rings. The summed E-state index contributed by atoms with van der Waals surface area (Å²) < 4.78 is 48.6. The predicted octanol–water partition coefficient (Wildman–Crippen LogP) is 6.41. The van der Waals surface area contributed by atoms with E-state index in [9.17, 15) is 45.2 Å². The molecule has 0 amide bonds. The van der Waals surface area contributed by atoms with Crippen LogP contribution in [0.4, 0.5) is 5.69 Å². The van der Waals surface area contributed by atoms with Gasteiger partial charge in [0.2, 0.25) is 0 Å². The van der Waals surface area contributed by atoms with Gasteiger partial charge in [-0.1, -0.05) is 59.8 Å². The average molecular weight is 1010 g/mol. The third-order valence-corrected chi connectivity index (χ3v) is 15.0. The zero-order valence-electron chi connectivity index (χ0n) is 44.2. The van der Waals surface area contributed by atoms with E-state index in [1.807, 2.05) is 13.1 Å². The van der Waals surface area contributed by atoms with E-state index in [1.165, 1.54) is 47.1 Å². The molecule has 0 saturated carbocycles. The lowest BCUT2D eigenvalue weighted by Gasteiger charge is -2.48. The Hall–Kier alpha value is -3.37. The fourth-order valence-corrected chi connectivity index (χ4v) is 10.5. The van der Waals surface area contributed by atoms with Gasteiger partial charge in [0, 0.05) is 37.4 Å². The standard InChI is InChI=1S/C52H86N2O17/c1-13-40-52(10,61)45(57)32(4)42(55)30(2)28-50(8,60)47(33(5)44(34(6)48(59)69-40)70-41-29-51(9,65-12)46(58)35(7)68-41)71-49-43(56)37(26-31(3)67-49)53-24-20-18-16-14-15-17-19-21-25-66-38-23-22-36(54(62)63)27-39(38)64-11/h22-24,27,30-35,37,40-41,43-47,49,56-58,60-61H,13-21,25-26,28-29H2,1-12H3/t30-,31-,32+,33+,34-,35+,37+,40-,41+,43-,44+,45-,46+,47-,49+,50+,51-,52-/m1/s1. The van der Waals surface area contributed by atoms with Gasteiger partial charge in [-0.2, -0.15) is 0 Å². The molecule has 1 aromatic carbocycles. The molecule has 0 aliphatic carbocycles. The van der Waals surface area contributed by atoms with Crippen LogP contribution in [0.5, 0.6) is 11.5 Å². The minimum atomic E-state index is -2.03. The van der Waals surface area contributed by atoms with Crippen LogP contribution in [-0.2, 0) is 38.0 Å². The van der Waals surface area contributed by atoms with Crippen molar-refractivity contribution < 1.29 is 77.9 Å². The molecular weight excluding hydrogens is 925 g/mol. The van der Waals surface area contributed by atoms with Gasteiger partial charge < -0.3 is 63.4 Å². The molecule has 1 aromatic rings. The summed E-state index contributed by atoms with van der Waals surface area (Å²) in [5.74, 6) is -4.42. The summed E-state index contributed by atoms with van der Waals surface area (Å²) in [5, 5.41) is 69.7. The van der Waals surface area contributed by atoms with E-state index in [4.69, 9.17) is 42.9 Å². The van der Waals surface area contributed by atoms with Crippen LogP contribution in [0.15, 0.2) is 23.2 Å². The predicted molar refractivity (Wildman–Crippen MR) is 263 cm³/mol. The van der Waals surface area contributed by atoms with Crippen molar-refractivity contribution in [2.24, 2.45) is 28.7 Å². The molecular formula is C52H86N2O17. The van der Waals surface area contributed by atoms with E-state index in [-0.39, 0.29) is 24.9 Å². The van der Waals surface area contributed by atoms with E-state index in [0.29, 0.717) is 30.9 Å². The first-order valence-corrected chi connectivity index (χ1v) is 25.7. The zero-order chi connectivity index (χ0) is 53.0. The molecule has 3 heterocycles. The number of carbonyl (C=O) groups excluding carboxylic acids is 2. The van der Waals surface area contributed by atoms with Gasteiger partial charge in [0.25, 0.3) is 5.69 Å². The molecule has 3 saturated heterocycles. The lowest BCUT2D eigenvalue weighted by Crippen LogP contribution is -2.60. The second-order valence-corrected chi connectivity index (χ2v) is 21.0. The number of esters is 1. The van der Waals surface area contributed by atoms with Crippen LogP contribution in [0, 0.1) is 33.8 Å². The summed E-state index contributed by atoms with van der Waals surface area (Å²) in [4.78, 5) is 43.7. The molecule has 5 N–H and O–H groups in total. The van der Waals surface area contributed by atoms with E-state index in [1.54, 1.807) is 47.6 Å². The minimum Gasteiger partial charge on any atom is -0.493 e. The fraction of sp³-hybridized carbons (Fsp3) is 0.827. The molecule has 0 spiro atoms. The Morgan fingerprint density at radius 2 is 1.51 bits per heavy atom. The number of ketones is 1. The Bertz CT molecular complexity index is 1880. The number of methoxy groups -OCH3 is 2. The van der Waals surface area contributed by atoms with Gasteiger partial charge in [-0.25, -0.2) is 0 Å². The highest BCUT2D eigenvalue weighted by atomic mass is 16.7. The molecule has 19 heteroatoms. The average Bonchev–Trinajstić information content (AvgIpc) is 3.32. The topological polar surface area (TPSA) is 265 Å². The van der Waals surface area contributed by atoms with Crippen LogP contribution < -0.4 is 9.47 Å². The number of nitrogens with zero attached hydrogens (tertiary/aromatic N) is 2. The second kappa shape index (κ2) is 26.7. The Balaban J connectivity index is 1.47. The first kappa shape index (κ1) is 60.2. The number of hydrogen-bond acceptors (Lipinski definition) is 18. The van der Waals surface area contributed by atoms with Crippen LogP contribution in [0.3, 0.4) is 0 Å². The van der Waals surface area contributed by atoms with Crippen molar-refractivity contribution in [2.45, 2.75) is 231 Å². The Kier molecular flexibility index (Phi) is 22.7. The van der Waals surface area contributed by atoms with Crippen molar-refractivity contribution in [2.75, 3.05) is 20.8 Å². The van der Waals surface area contributed by atoms with Crippen LogP contribution in [0.1, 0.15) is 146 Å². The summed E-state index contributed by atoms with van der Waals surface area (Å²) in [6.45, 7) is 16.7. The molecule has 0 bridgehead atoms. The number of aliphatic hydroxyl groups excluding tert-OH is 3. The number of aliphatic imine (C=N–C) groups is 1. The number of rotatable bonds is 20. The summed E-state index contributed by atoms with van der Waals surface area (Å²) in [7, 11) is 2.92. The number of cyclic esters (lactones) is 1. The monoisotopic (exact) mass is 1010 g/mol. The van der Waals surface area contributed by atoms with Gasteiger partial charge in [-0.05, 0) is 92.3 Å². The Morgan fingerprint density at radius 3 is 2.13 bits per heavy atom. The second-order valence-electron chi connectivity index (χ2n) is 21.0. The van der Waals surface area contributed by atoms with E-state index < -0.39 is 125 Å². The molecule has 0 radical (unpaired) electrons. The number of hydrogen-bond donors (Lipinski definition) is 5. The lowest BCUT2D eigenvalue weighted by atomic mass is 9.74. The summed E-state index contributed by atoms with van der Waals surface area (Å²) in [6.07, 6.45) is -1.25. The number of ether oxygens (including phenoxy) is 8. The van der Waals surface area contributed by atoms with Crippen molar-refractivity contribution in [3.63, 3.8) is 0 Å². The van der Waals surface area contributed by atoms with E-state index >= 15 is 0 Å². The number of benzene rings is 1. The van der Waals surface area contributed by atoms with Gasteiger partial charge in [0.15, 0.2) is 24.1 Å². The van der Waals surface area contributed by atoms with Crippen molar-refractivity contribution in [1.82, 2.24) is 0 Å². The third-order valence-electron chi connectivity index (χ3n) is 15.0. The normalized spacial score (nSPS) is 38.9. The first-order chi connectivity index (χ1) is 33.3. The smallest absolute Gasteiger partial charge is 0.311 e. The van der Waals surface area contributed by atoms with Crippen molar-refractivity contribution in [3.05, 3.63) is 28.3 Å². The van der Waals surface area contributed by atoms with Crippen LogP contribution in [0.2, 0.25) is 0 Å². The van der Waals surface area contributed by atoms with Gasteiger partial charge in [-0.15, -0.1) is 0 Å². The minimum absolute atomic E-state index is 0.0590. The maximum atomic E-state index is 14.3. The van der Waals surface area contributed by atoms with Crippen molar-refractivity contribution >= 4 is 23.7 Å². The van der Waals surface area contributed by atoms with Crippen LogP contribution >= 0.6 is 0 Å². The highest BCUT2D eigenvalue weighted by Gasteiger charge is 2.53. The molecule has 3 aliphatic heterocycles. The highest BCUT2D eigenvalue weighted by molar-refractivity contribution is 5.83. The first-order valence-electron chi connectivity index (χ1n) is 25.7. The van der Waals surface area contributed by atoms with E-state index in [0.717, 1.165) is 44.9 Å². The van der Waals surface area contributed by atoms with Crippen LogP contribution in [0.25, 0.3) is 0 Å². The fourth-order valence-electron chi connectivity index (χ4n) is 10.5. The summed E-state index contributed by atoms with van der Waals surface area (Å²) in [5.41, 5.74) is -5.04. The van der Waals surface area contributed by atoms with Crippen molar-refractivity contribution in [3.8, 4) is 11.5 Å². The van der Waals surface area contributed by atoms with Crippen LogP contribution in [-0.4, -0.2) is 154 Å². The zero-order valence-corrected chi connectivity index (χ0v) is 44.2. The quantitative estimate of drug-likeness (QED) is 0.0310. The lowest BCUT2D eigenvalue weighted by molar-refractivity contribution is -0.385. The maximum absolute atomic E-state index is 14.3. The molecule has 4 rings (SSSR count). The number of nitro benzene ring substituents is 1. The molecule has 18 atom stereocenters. The molecule has 0 aromatic heterocycles. The summed E-state index contributed by atoms with van der Waals surface area (Å²) >= 11 is 0. The third kappa shape index (κ3) is 15.6. The van der Waals surface area contributed by atoms with Gasteiger partial charge in [-0.3, -0.25) is 24.7 Å². The molecule has 406 valence electrons. The molecule has 19 nitrogen and oxygen atoms in total. The van der Waals surface area contributed by atoms with Gasteiger partial charge in [0.1, 0.15) is 29.7 Å². The summed E-state index contributed by atoms with van der Waals surface area (Å²) in [6, 6.07) is 3.69. The number of non-ortho nitro benzene ring substituents is 1. The molecule has 71 heavy (non-hydrogen) atoms. The molecule has 0 unspecified atom stereocenters. The number of aliphatic hydroxyl groups is 5. The number of nitro groups is 1. The Labute approximate surface area is 420 Å². The highest BCUT2D eigenvalue weighted by Crippen LogP contribution is 2.41. The van der Waals surface area contributed by atoms with Crippen molar-refractivity contribution in [1.29, 1.82) is 0 Å². The van der Waals surface area contributed by atoms with Gasteiger partial charge >= 0.3 is 5.97 Å². The Morgan fingerprint density at radius 1 is 0.859 bits per heavy atom. The van der Waals surface area contributed by atoms with E-state index in [2.05, 4.69) is 0 Å².